The van der Waals surface area contributed by atoms with Crippen molar-refractivity contribution in [2.45, 2.75) is 52.1 Å². The molecule has 1 atom stereocenters. The summed E-state index contributed by atoms with van der Waals surface area (Å²) in [5.41, 5.74) is 4.60. The number of hydrazone groups is 1. The molecule has 252 valence electrons. The summed E-state index contributed by atoms with van der Waals surface area (Å²) in [5.74, 6) is 1.17. The van der Waals surface area contributed by atoms with Crippen LogP contribution in [0.15, 0.2) is 47.8 Å². The summed E-state index contributed by atoms with van der Waals surface area (Å²) in [6.07, 6.45) is 6.71. The van der Waals surface area contributed by atoms with Crippen molar-refractivity contribution in [2.24, 2.45) is 11.0 Å². The molecule has 1 unspecified atom stereocenters. The maximum Gasteiger partial charge on any atom is 0.322 e. The molecule has 2 aliphatic rings. The van der Waals surface area contributed by atoms with Crippen molar-refractivity contribution >= 4 is 63.1 Å². The minimum atomic E-state index is -0.167. The maximum absolute atomic E-state index is 12.8. The van der Waals surface area contributed by atoms with Crippen molar-refractivity contribution in [2.75, 3.05) is 43.0 Å². The summed E-state index contributed by atoms with van der Waals surface area (Å²) in [7, 11) is 3.11. The second-order valence-electron chi connectivity index (χ2n) is 11.2. The van der Waals surface area contributed by atoms with Crippen LogP contribution in [0.4, 0.5) is 10.5 Å². The van der Waals surface area contributed by atoms with E-state index in [1.54, 1.807) is 38.9 Å². The zero-order chi connectivity index (χ0) is 33.4. The van der Waals surface area contributed by atoms with Gasteiger partial charge in [-0.3, -0.25) is 24.2 Å². The Labute approximate surface area is 282 Å². The maximum atomic E-state index is 12.8. The third-order valence-electron chi connectivity index (χ3n) is 7.61. The van der Waals surface area contributed by atoms with Crippen LogP contribution in [0.5, 0.6) is 0 Å². The second kappa shape index (κ2) is 18.9. The third kappa shape index (κ3) is 11.6. The Balaban J connectivity index is 1.11. The van der Waals surface area contributed by atoms with Gasteiger partial charge in [0.1, 0.15) is 0 Å². The van der Waals surface area contributed by atoms with E-state index in [0.717, 1.165) is 28.8 Å². The molecule has 0 saturated carbocycles. The highest BCUT2D eigenvalue weighted by atomic mass is 33.1. The average Bonchev–Trinajstić information content (AvgIpc) is 3.51. The number of pyridine rings is 1. The van der Waals surface area contributed by atoms with Crippen molar-refractivity contribution in [3.8, 4) is 0 Å². The molecule has 3 heterocycles. The minimum absolute atomic E-state index is 0.0158. The highest BCUT2D eigenvalue weighted by Gasteiger charge is 2.27. The second-order valence-corrected chi connectivity index (χ2v) is 13.9. The van der Waals surface area contributed by atoms with Gasteiger partial charge < -0.3 is 26.2 Å². The number of hydrogen-bond acceptors (Lipinski definition) is 9. The van der Waals surface area contributed by atoms with Gasteiger partial charge in [0.25, 0.3) is 0 Å². The van der Waals surface area contributed by atoms with Crippen molar-refractivity contribution in [1.29, 1.82) is 0 Å². The van der Waals surface area contributed by atoms with Crippen LogP contribution in [-0.2, 0) is 32.3 Å². The topological polar surface area (TPSA) is 165 Å². The molecular weight excluding hydrogens is 641 g/mol. The Morgan fingerprint density at radius 1 is 0.936 bits per heavy atom. The number of carbonyl (C=O) groups excluding carboxylic acids is 5. The van der Waals surface area contributed by atoms with Gasteiger partial charge in [0.2, 0.25) is 24.1 Å². The van der Waals surface area contributed by atoms with Crippen molar-refractivity contribution in [1.82, 2.24) is 30.8 Å². The molecule has 4 N–H and O–H groups in total. The monoisotopic (exact) mass is 682 g/mol. The normalized spacial score (nSPS) is 15.5. The number of urea groups is 1. The quantitative estimate of drug-likeness (QED) is 0.106. The molecule has 0 fully saturated rings. The highest BCUT2D eigenvalue weighted by molar-refractivity contribution is 8.76. The first kappa shape index (κ1) is 35.7. The summed E-state index contributed by atoms with van der Waals surface area (Å²) >= 11 is 0. The van der Waals surface area contributed by atoms with E-state index in [-0.39, 0.29) is 29.7 Å². The van der Waals surface area contributed by atoms with Crippen LogP contribution in [0.25, 0.3) is 0 Å². The molecule has 0 bridgehead atoms. The van der Waals surface area contributed by atoms with E-state index in [1.165, 1.54) is 5.01 Å². The smallest absolute Gasteiger partial charge is 0.322 e. The standard InChI is InChI=1S/C32H42N8O5S2/c1-23-18-30(44)40(15-3-2-11-35-28(42)9-16-46-47-17-10-29(43)36-14-13-34-22-41)38-31(23)24-4-6-27(7-5-24)37-32(45)39-20-25-8-12-33-19-26(25)21-39/h4-8,12,19,22-23H,2-3,9-11,13-18,20-21H2,1H3,(H,34,41)(H,35,42)(H,36,43)(H,37,45). The van der Waals surface area contributed by atoms with Crippen LogP contribution in [0.2, 0.25) is 0 Å². The molecule has 47 heavy (non-hydrogen) atoms. The fourth-order valence-electron chi connectivity index (χ4n) is 5.07. The van der Waals surface area contributed by atoms with E-state index in [2.05, 4.69) is 31.4 Å². The predicted octanol–water partition coefficient (Wildman–Crippen LogP) is 3.12. The fourth-order valence-corrected chi connectivity index (χ4v) is 7.05. The van der Waals surface area contributed by atoms with Gasteiger partial charge >= 0.3 is 6.03 Å². The molecule has 0 saturated heterocycles. The molecule has 1 aromatic carbocycles. The number of nitrogens with zero attached hydrogens (tertiary/aromatic N) is 4. The lowest BCUT2D eigenvalue weighted by Crippen LogP contribution is -2.37. The molecule has 2 aromatic rings. The Morgan fingerprint density at radius 3 is 2.34 bits per heavy atom. The number of aromatic nitrogens is 1. The summed E-state index contributed by atoms with van der Waals surface area (Å²) < 4.78 is 0. The SMILES string of the molecule is CC1CC(=O)N(CCCCNC(=O)CCSSCCC(=O)NCCNC=O)N=C1c1ccc(NC(=O)N2Cc3ccncc3C2)cc1. The molecule has 2 aliphatic heterocycles. The van der Waals surface area contributed by atoms with Crippen molar-refractivity contribution in [3.05, 3.63) is 59.4 Å². The Kier molecular flexibility index (Phi) is 14.4. The first-order valence-electron chi connectivity index (χ1n) is 15.8. The average molecular weight is 683 g/mol. The van der Waals surface area contributed by atoms with Gasteiger partial charge in [0.15, 0.2) is 0 Å². The van der Waals surface area contributed by atoms with Gasteiger partial charge in [-0.2, -0.15) is 5.10 Å². The number of fused-ring (bicyclic) bond motifs is 1. The lowest BCUT2D eigenvalue weighted by molar-refractivity contribution is -0.132. The number of benzene rings is 1. The van der Waals surface area contributed by atoms with Crippen LogP contribution in [0.1, 0.15) is 55.7 Å². The molecule has 0 spiro atoms. The summed E-state index contributed by atoms with van der Waals surface area (Å²) in [5, 5.41) is 17.3. The molecule has 1 aromatic heterocycles. The molecule has 0 radical (unpaired) electrons. The van der Waals surface area contributed by atoms with Crippen LogP contribution in [0.3, 0.4) is 0 Å². The number of anilines is 1. The number of amides is 6. The first-order valence-corrected chi connectivity index (χ1v) is 18.2. The minimum Gasteiger partial charge on any atom is -0.357 e. The number of rotatable bonds is 18. The zero-order valence-corrected chi connectivity index (χ0v) is 28.2. The molecule has 15 heteroatoms. The zero-order valence-electron chi connectivity index (χ0n) is 26.5. The Bertz CT molecular complexity index is 1400. The van der Waals surface area contributed by atoms with Gasteiger partial charge in [-0.1, -0.05) is 40.6 Å². The molecule has 6 amide bonds. The lowest BCUT2D eigenvalue weighted by atomic mass is 9.93. The van der Waals surface area contributed by atoms with E-state index >= 15 is 0 Å². The van der Waals surface area contributed by atoms with E-state index < -0.39 is 0 Å². The van der Waals surface area contributed by atoms with Crippen LogP contribution < -0.4 is 21.3 Å². The van der Waals surface area contributed by atoms with E-state index in [1.807, 2.05) is 37.3 Å². The molecular formula is C32H42N8O5S2. The number of nitrogens with one attached hydrogen (secondary N) is 4. The van der Waals surface area contributed by atoms with E-state index in [4.69, 9.17) is 0 Å². The fraction of sp³-hybridized carbons (Fsp3) is 0.469. The first-order chi connectivity index (χ1) is 22.8. The number of hydrogen-bond donors (Lipinski definition) is 4. The third-order valence-corrected chi connectivity index (χ3v) is 10.0. The van der Waals surface area contributed by atoms with Crippen molar-refractivity contribution < 1.29 is 24.0 Å². The van der Waals surface area contributed by atoms with Gasteiger partial charge in [-0.15, -0.1) is 0 Å². The van der Waals surface area contributed by atoms with Crippen LogP contribution in [0, 0.1) is 5.92 Å². The van der Waals surface area contributed by atoms with Crippen molar-refractivity contribution in [3.63, 3.8) is 0 Å². The Hall–Kier alpha value is -4.11. The van der Waals surface area contributed by atoms with Gasteiger partial charge in [-0.05, 0) is 47.7 Å². The lowest BCUT2D eigenvalue weighted by Gasteiger charge is -2.28. The van der Waals surface area contributed by atoms with Gasteiger partial charge in [0.05, 0.1) is 5.71 Å². The molecule has 0 aliphatic carbocycles. The molecule has 4 rings (SSSR count). The van der Waals surface area contributed by atoms with Gasteiger partial charge in [-0.25, -0.2) is 9.80 Å². The van der Waals surface area contributed by atoms with Gasteiger partial charge in [0, 0.05) is 94.0 Å². The van der Waals surface area contributed by atoms with Crippen LogP contribution in [-0.4, -0.2) is 88.5 Å². The number of unbranched alkanes of at least 4 members (excludes halogenated alkanes) is 1. The summed E-state index contributed by atoms with van der Waals surface area (Å²) in [6.45, 7) is 4.89. The Morgan fingerprint density at radius 2 is 1.64 bits per heavy atom. The largest absolute Gasteiger partial charge is 0.357 e. The number of carbonyl (C=O) groups is 5. The molecule has 13 nitrogen and oxygen atoms in total. The van der Waals surface area contributed by atoms with E-state index in [0.29, 0.717) is 88.6 Å². The van der Waals surface area contributed by atoms with E-state index in [9.17, 15) is 24.0 Å². The summed E-state index contributed by atoms with van der Waals surface area (Å²) in [4.78, 5) is 65.4. The summed E-state index contributed by atoms with van der Waals surface area (Å²) in [6, 6.07) is 9.32. The predicted molar refractivity (Wildman–Crippen MR) is 184 cm³/mol. The highest BCUT2D eigenvalue weighted by Crippen LogP contribution is 2.25. The van der Waals surface area contributed by atoms with Crippen LogP contribution >= 0.6 is 21.6 Å².